The summed E-state index contributed by atoms with van der Waals surface area (Å²) in [5.41, 5.74) is 2.62. The summed E-state index contributed by atoms with van der Waals surface area (Å²) in [6, 6.07) is 7.92. The van der Waals surface area contributed by atoms with Crippen molar-refractivity contribution in [3.63, 3.8) is 0 Å². The minimum Gasteiger partial charge on any atom is -0.493 e. The number of aromatic nitrogens is 2. The van der Waals surface area contributed by atoms with Gasteiger partial charge in [-0.3, -0.25) is 4.98 Å². The van der Waals surface area contributed by atoms with Gasteiger partial charge in [-0.15, -0.1) is 0 Å². The summed E-state index contributed by atoms with van der Waals surface area (Å²) in [7, 11) is 0. The lowest BCUT2D eigenvalue weighted by atomic mass is 9.81. The van der Waals surface area contributed by atoms with Gasteiger partial charge in [-0.1, -0.05) is 33.8 Å². The van der Waals surface area contributed by atoms with Gasteiger partial charge in [0.05, 0.1) is 5.69 Å². The first-order chi connectivity index (χ1) is 8.93. The Balaban J connectivity index is 2.44. The fourth-order valence-corrected chi connectivity index (χ4v) is 2.17. The van der Waals surface area contributed by atoms with E-state index in [4.69, 9.17) is 0 Å². The Hall–Kier alpha value is -1.90. The minimum absolute atomic E-state index is 0.134. The number of hydrogen-bond donors (Lipinski definition) is 1. The molecule has 19 heavy (non-hydrogen) atoms. The van der Waals surface area contributed by atoms with E-state index in [1.165, 1.54) is 0 Å². The van der Waals surface area contributed by atoms with Crippen LogP contribution in [0.25, 0.3) is 0 Å². The fraction of sp³-hybridized carbons (Fsp3) is 0.375. The summed E-state index contributed by atoms with van der Waals surface area (Å²) >= 11 is 0. The summed E-state index contributed by atoms with van der Waals surface area (Å²) in [5, 5.41) is 10.0. The summed E-state index contributed by atoms with van der Waals surface area (Å²) in [5.74, 6) is 0.403. The maximum Gasteiger partial charge on any atom is 0.214 e. The third-order valence-corrected chi connectivity index (χ3v) is 3.57. The van der Waals surface area contributed by atoms with Crippen molar-refractivity contribution in [1.29, 1.82) is 0 Å². The Morgan fingerprint density at radius 1 is 1.05 bits per heavy atom. The lowest BCUT2D eigenvalue weighted by Gasteiger charge is -2.25. The molecule has 0 bridgehead atoms. The zero-order valence-electron chi connectivity index (χ0n) is 11.9. The first-order valence-electron chi connectivity index (χ1n) is 6.54. The molecule has 1 N–H and O–H groups in total. The van der Waals surface area contributed by atoms with Crippen LogP contribution < -0.4 is 0 Å². The molecule has 0 amide bonds. The number of aromatic hydroxyl groups is 1. The first-order valence-corrected chi connectivity index (χ1v) is 6.54. The van der Waals surface area contributed by atoms with Crippen LogP contribution in [-0.2, 0) is 5.41 Å². The van der Waals surface area contributed by atoms with E-state index in [2.05, 4.69) is 23.8 Å². The van der Waals surface area contributed by atoms with Crippen molar-refractivity contribution >= 4 is 0 Å². The predicted octanol–water partition coefficient (Wildman–Crippen LogP) is 3.63. The van der Waals surface area contributed by atoms with Crippen LogP contribution in [0.3, 0.4) is 0 Å². The molecule has 2 rings (SSSR count). The molecule has 0 aliphatic carbocycles. The Labute approximate surface area is 114 Å². The van der Waals surface area contributed by atoms with E-state index in [1.807, 2.05) is 38.1 Å². The Morgan fingerprint density at radius 3 is 2.21 bits per heavy atom. The molecule has 100 valence electrons. The van der Waals surface area contributed by atoms with Crippen LogP contribution >= 0.6 is 0 Å². The van der Waals surface area contributed by atoms with Gasteiger partial charge in [0.2, 0.25) is 5.88 Å². The van der Waals surface area contributed by atoms with Gasteiger partial charge in [-0.05, 0) is 29.7 Å². The van der Waals surface area contributed by atoms with Crippen molar-refractivity contribution in [2.45, 2.75) is 39.0 Å². The number of rotatable bonds is 3. The molecule has 3 nitrogen and oxygen atoms in total. The number of hydrogen-bond acceptors (Lipinski definition) is 3. The zero-order valence-corrected chi connectivity index (χ0v) is 11.9. The monoisotopic (exact) mass is 256 g/mol. The molecule has 0 spiro atoms. The van der Waals surface area contributed by atoms with Gasteiger partial charge >= 0.3 is 0 Å². The highest BCUT2D eigenvalue weighted by atomic mass is 16.3. The van der Waals surface area contributed by atoms with E-state index in [0.717, 1.165) is 16.8 Å². The van der Waals surface area contributed by atoms with E-state index in [0.29, 0.717) is 0 Å². The molecule has 2 aromatic rings. The molecule has 0 atom stereocenters. The van der Waals surface area contributed by atoms with Crippen molar-refractivity contribution in [1.82, 2.24) is 9.97 Å². The molecule has 0 aliphatic heterocycles. The van der Waals surface area contributed by atoms with Gasteiger partial charge in [0.1, 0.15) is 0 Å². The maximum absolute atomic E-state index is 10.0. The highest BCUT2D eigenvalue weighted by molar-refractivity contribution is 5.37. The third kappa shape index (κ3) is 2.60. The quantitative estimate of drug-likeness (QED) is 0.912. The van der Waals surface area contributed by atoms with E-state index in [-0.39, 0.29) is 17.2 Å². The number of nitrogens with zero attached hydrogens (tertiary/aromatic N) is 2. The van der Waals surface area contributed by atoms with Crippen LogP contribution in [0.4, 0.5) is 0 Å². The van der Waals surface area contributed by atoms with Crippen LogP contribution in [0, 0.1) is 0 Å². The van der Waals surface area contributed by atoms with Gasteiger partial charge in [0.15, 0.2) is 0 Å². The second-order valence-corrected chi connectivity index (χ2v) is 5.62. The zero-order chi connectivity index (χ0) is 14.0. The van der Waals surface area contributed by atoms with Crippen molar-refractivity contribution in [3.05, 3.63) is 53.5 Å². The largest absolute Gasteiger partial charge is 0.493 e. The molecule has 0 aliphatic rings. The summed E-state index contributed by atoms with van der Waals surface area (Å²) in [6.45, 7) is 8.28. The van der Waals surface area contributed by atoms with Crippen LogP contribution in [0.1, 0.15) is 50.4 Å². The van der Waals surface area contributed by atoms with Crippen molar-refractivity contribution in [2.75, 3.05) is 0 Å². The normalized spacial score (nSPS) is 11.8. The molecule has 0 saturated heterocycles. The van der Waals surface area contributed by atoms with E-state index < -0.39 is 0 Å². The second-order valence-electron chi connectivity index (χ2n) is 5.62. The molecule has 0 unspecified atom stereocenters. The smallest absolute Gasteiger partial charge is 0.214 e. The molecular formula is C16H20N2O. The Kier molecular flexibility index (Phi) is 3.56. The summed E-state index contributed by atoms with van der Waals surface area (Å²) in [4.78, 5) is 8.42. The lowest BCUT2D eigenvalue weighted by Crippen LogP contribution is -2.20. The summed E-state index contributed by atoms with van der Waals surface area (Å²) < 4.78 is 0. The molecule has 2 aromatic heterocycles. The fourth-order valence-electron chi connectivity index (χ4n) is 2.17. The highest BCUT2D eigenvalue weighted by Gasteiger charge is 2.25. The maximum atomic E-state index is 10.0. The van der Waals surface area contributed by atoms with Gasteiger partial charge in [0.25, 0.3) is 0 Å². The van der Waals surface area contributed by atoms with Crippen LogP contribution in [0.15, 0.2) is 36.7 Å². The van der Waals surface area contributed by atoms with E-state index in [1.54, 1.807) is 12.4 Å². The van der Waals surface area contributed by atoms with Crippen molar-refractivity contribution in [2.24, 2.45) is 0 Å². The average molecular weight is 256 g/mol. The molecule has 3 heteroatoms. The molecule has 0 saturated carbocycles. The van der Waals surface area contributed by atoms with Gasteiger partial charge in [-0.2, -0.15) is 0 Å². The van der Waals surface area contributed by atoms with E-state index in [9.17, 15) is 5.11 Å². The molecule has 0 fully saturated rings. The van der Waals surface area contributed by atoms with Crippen molar-refractivity contribution < 1.29 is 5.11 Å². The average Bonchev–Trinajstić information content (AvgIpc) is 2.39. The van der Waals surface area contributed by atoms with Crippen LogP contribution in [0.2, 0.25) is 0 Å². The Bertz CT molecular complexity index is 562. The highest BCUT2D eigenvalue weighted by Crippen LogP contribution is 2.33. The molecule has 2 heterocycles. The Morgan fingerprint density at radius 2 is 1.68 bits per heavy atom. The minimum atomic E-state index is -0.254. The second kappa shape index (κ2) is 5.00. The lowest BCUT2D eigenvalue weighted by molar-refractivity contribution is 0.435. The standard InChI is InChI=1S/C16H20N2O/c1-11(2)13-5-6-14(18-15(13)19)16(3,4)12-7-9-17-10-8-12/h5-11H,1-4H3,(H,18,19). The first kappa shape index (κ1) is 13.5. The van der Waals surface area contributed by atoms with Gasteiger partial charge in [-0.25, -0.2) is 4.98 Å². The van der Waals surface area contributed by atoms with Crippen LogP contribution in [0.5, 0.6) is 5.88 Å². The van der Waals surface area contributed by atoms with Gasteiger partial charge < -0.3 is 5.11 Å². The third-order valence-electron chi connectivity index (χ3n) is 3.57. The van der Waals surface area contributed by atoms with Gasteiger partial charge in [0, 0.05) is 23.4 Å². The summed E-state index contributed by atoms with van der Waals surface area (Å²) in [6.07, 6.45) is 3.55. The molecular weight excluding hydrogens is 236 g/mol. The predicted molar refractivity (Wildman–Crippen MR) is 76.4 cm³/mol. The van der Waals surface area contributed by atoms with E-state index >= 15 is 0 Å². The topological polar surface area (TPSA) is 46.0 Å². The van der Waals surface area contributed by atoms with Crippen molar-refractivity contribution in [3.8, 4) is 5.88 Å². The molecule has 0 aromatic carbocycles. The molecule has 0 radical (unpaired) electrons. The van der Waals surface area contributed by atoms with Crippen LogP contribution in [-0.4, -0.2) is 15.1 Å². The SMILES string of the molecule is CC(C)c1ccc(C(C)(C)c2ccncc2)nc1O. The number of pyridine rings is 2.